The van der Waals surface area contributed by atoms with Crippen LogP contribution in [-0.2, 0) is 11.3 Å². The molecular weight excluding hydrogens is 206 g/mol. The van der Waals surface area contributed by atoms with E-state index in [1.165, 1.54) is 0 Å². The van der Waals surface area contributed by atoms with Crippen molar-refractivity contribution in [3.8, 4) is 0 Å². The van der Waals surface area contributed by atoms with Gasteiger partial charge in [0.1, 0.15) is 0 Å². The second kappa shape index (κ2) is 3.99. The van der Waals surface area contributed by atoms with Gasteiger partial charge in [-0.2, -0.15) is 5.10 Å². The highest BCUT2D eigenvalue weighted by molar-refractivity contribution is 5.38. The fourth-order valence-corrected chi connectivity index (χ4v) is 2.41. The maximum atomic E-state index is 8.90. The van der Waals surface area contributed by atoms with Gasteiger partial charge in [-0.15, -0.1) is 5.10 Å². The summed E-state index contributed by atoms with van der Waals surface area (Å²) >= 11 is 0. The van der Waals surface area contributed by atoms with Gasteiger partial charge in [0.15, 0.2) is 5.82 Å². The molecule has 2 saturated heterocycles. The smallest absolute Gasteiger partial charge is 0.151 e. The number of nitrogens with zero attached hydrogens (tertiary/aromatic N) is 3. The van der Waals surface area contributed by atoms with Crippen LogP contribution in [-0.4, -0.2) is 40.6 Å². The summed E-state index contributed by atoms with van der Waals surface area (Å²) in [5.74, 6) is 0.886. The third-order valence-electron chi connectivity index (χ3n) is 3.24. The predicted octanol–water partition coefficient (Wildman–Crippen LogP) is 0.336. The Morgan fingerprint density at radius 1 is 1.25 bits per heavy atom. The number of ether oxygens (including phenoxy) is 1. The number of anilines is 1. The minimum Gasteiger partial charge on any atom is -0.390 e. The van der Waals surface area contributed by atoms with Crippen LogP contribution < -0.4 is 4.90 Å². The first-order valence-electron chi connectivity index (χ1n) is 5.69. The van der Waals surface area contributed by atoms with Crippen LogP contribution in [0.25, 0.3) is 0 Å². The summed E-state index contributed by atoms with van der Waals surface area (Å²) < 4.78 is 5.76. The number of morpholine rings is 1. The molecule has 5 heteroatoms. The molecule has 2 atom stereocenters. The van der Waals surface area contributed by atoms with Gasteiger partial charge in [0.05, 0.1) is 24.5 Å². The highest BCUT2D eigenvalue weighted by atomic mass is 16.5. The summed E-state index contributed by atoms with van der Waals surface area (Å²) in [7, 11) is 0. The lowest BCUT2D eigenvalue weighted by molar-refractivity contribution is 0.0301. The maximum Gasteiger partial charge on any atom is 0.151 e. The molecular formula is C11H15N3O2. The van der Waals surface area contributed by atoms with Gasteiger partial charge in [0.25, 0.3) is 0 Å². The largest absolute Gasteiger partial charge is 0.390 e. The van der Waals surface area contributed by atoms with Crippen molar-refractivity contribution in [1.29, 1.82) is 0 Å². The summed E-state index contributed by atoms with van der Waals surface area (Å²) in [4.78, 5) is 2.22. The molecule has 2 bridgehead atoms. The Kier molecular flexibility index (Phi) is 2.49. The molecule has 3 rings (SSSR count). The van der Waals surface area contributed by atoms with Gasteiger partial charge in [-0.05, 0) is 25.0 Å². The van der Waals surface area contributed by atoms with Crippen LogP contribution >= 0.6 is 0 Å². The van der Waals surface area contributed by atoms with Crippen molar-refractivity contribution in [3.63, 3.8) is 0 Å². The number of aliphatic hydroxyl groups excluding tert-OH is 1. The Labute approximate surface area is 94.0 Å². The normalized spacial score (nSPS) is 28.4. The van der Waals surface area contributed by atoms with E-state index >= 15 is 0 Å². The van der Waals surface area contributed by atoms with Gasteiger partial charge in [-0.1, -0.05) is 0 Å². The second-order valence-electron chi connectivity index (χ2n) is 4.40. The fraction of sp³-hybridized carbons (Fsp3) is 0.636. The summed E-state index contributed by atoms with van der Waals surface area (Å²) in [6.07, 6.45) is 3.03. The van der Waals surface area contributed by atoms with Gasteiger partial charge in [0.2, 0.25) is 0 Å². The average molecular weight is 221 g/mol. The SMILES string of the molecule is OCc1ccc(N2CC3CCC(C2)O3)nn1. The van der Waals surface area contributed by atoms with Crippen LogP contribution in [0.1, 0.15) is 18.5 Å². The predicted molar refractivity (Wildman–Crippen MR) is 58.1 cm³/mol. The number of hydrogen-bond acceptors (Lipinski definition) is 5. The fourth-order valence-electron chi connectivity index (χ4n) is 2.41. The van der Waals surface area contributed by atoms with Gasteiger partial charge >= 0.3 is 0 Å². The summed E-state index contributed by atoms with van der Waals surface area (Å²) in [6, 6.07) is 3.74. The van der Waals surface area contributed by atoms with E-state index in [9.17, 15) is 0 Å². The van der Waals surface area contributed by atoms with Crippen molar-refractivity contribution in [2.45, 2.75) is 31.7 Å². The molecule has 0 spiro atoms. The van der Waals surface area contributed by atoms with Crippen LogP contribution in [0.4, 0.5) is 5.82 Å². The first kappa shape index (κ1) is 9.99. The van der Waals surface area contributed by atoms with Crippen molar-refractivity contribution in [3.05, 3.63) is 17.8 Å². The van der Waals surface area contributed by atoms with Crippen molar-refractivity contribution < 1.29 is 9.84 Å². The highest BCUT2D eigenvalue weighted by Gasteiger charge is 2.34. The lowest BCUT2D eigenvalue weighted by atomic mass is 10.2. The number of fused-ring (bicyclic) bond motifs is 2. The first-order valence-corrected chi connectivity index (χ1v) is 5.69. The quantitative estimate of drug-likeness (QED) is 0.780. The molecule has 86 valence electrons. The molecule has 5 nitrogen and oxygen atoms in total. The number of hydrogen-bond donors (Lipinski definition) is 1. The molecule has 2 unspecified atom stereocenters. The summed E-state index contributed by atoms with van der Waals surface area (Å²) in [5.41, 5.74) is 0.611. The average Bonchev–Trinajstić information content (AvgIpc) is 2.68. The summed E-state index contributed by atoms with van der Waals surface area (Å²) in [6.45, 7) is 1.76. The molecule has 0 amide bonds. The molecule has 0 aliphatic carbocycles. The van der Waals surface area contributed by atoms with E-state index in [4.69, 9.17) is 9.84 Å². The third-order valence-corrected chi connectivity index (χ3v) is 3.24. The Morgan fingerprint density at radius 3 is 2.56 bits per heavy atom. The van der Waals surface area contributed by atoms with Crippen molar-refractivity contribution in [1.82, 2.24) is 10.2 Å². The third kappa shape index (κ3) is 1.76. The first-order chi connectivity index (χ1) is 7.85. The topological polar surface area (TPSA) is 58.5 Å². The Morgan fingerprint density at radius 2 is 2.00 bits per heavy atom. The van der Waals surface area contributed by atoms with Crippen LogP contribution in [0, 0.1) is 0 Å². The Balaban J connectivity index is 1.76. The number of aromatic nitrogens is 2. The molecule has 0 saturated carbocycles. The molecule has 1 aromatic rings. The van der Waals surface area contributed by atoms with E-state index in [-0.39, 0.29) is 6.61 Å². The van der Waals surface area contributed by atoms with E-state index in [1.807, 2.05) is 12.1 Å². The molecule has 1 aromatic heterocycles. The van der Waals surface area contributed by atoms with Crippen LogP contribution in [0.2, 0.25) is 0 Å². The zero-order valence-electron chi connectivity index (χ0n) is 9.04. The standard InChI is InChI=1S/C11H15N3O2/c15-7-8-1-4-11(13-12-8)14-5-9-2-3-10(6-14)16-9/h1,4,9-10,15H,2-3,5-7H2. The lowest BCUT2D eigenvalue weighted by Gasteiger charge is -2.32. The van der Waals surface area contributed by atoms with Crippen molar-refractivity contribution in [2.24, 2.45) is 0 Å². The summed E-state index contributed by atoms with van der Waals surface area (Å²) in [5, 5.41) is 17.0. The Bertz CT molecular complexity index is 356. The van der Waals surface area contributed by atoms with Gasteiger partial charge in [-0.3, -0.25) is 0 Å². The van der Waals surface area contributed by atoms with E-state index < -0.39 is 0 Å². The monoisotopic (exact) mass is 221 g/mol. The van der Waals surface area contributed by atoms with Crippen LogP contribution in [0.15, 0.2) is 12.1 Å². The molecule has 0 aromatic carbocycles. The molecule has 2 aliphatic rings. The Hall–Kier alpha value is -1.20. The lowest BCUT2D eigenvalue weighted by Crippen LogP contribution is -2.43. The highest BCUT2D eigenvalue weighted by Crippen LogP contribution is 2.28. The molecule has 0 radical (unpaired) electrons. The second-order valence-corrected chi connectivity index (χ2v) is 4.40. The van der Waals surface area contributed by atoms with E-state index in [0.29, 0.717) is 17.9 Å². The zero-order chi connectivity index (χ0) is 11.0. The van der Waals surface area contributed by atoms with Gasteiger partial charge in [-0.25, -0.2) is 0 Å². The van der Waals surface area contributed by atoms with Crippen molar-refractivity contribution in [2.75, 3.05) is 18.0 Å². The minimum absolute atomic E-state index is 0.0539. The van der Waals surface area contributed by atoms with Crippen molar-refractivity contribution >= 4 is 5.82 Å². The molecule has 3 heterocycles. The van der Waals surface area contributed by atoms with E-state index in [2.05, 4.69) is 15.1 Å². The molecule has 2 aliphatic heterocycles. The van der Waals surface area contributed by atoms with Gasteiger partial charge in [0, 0.05) is 13.1 Å². The maximum absolute atomic E-state index is 8.90. The number of aliphatic hydroxyl groups is 1. The number of rotatable bonds is 2. The van der Waals surface area contributed by atoms with Crippen LogP contribution in [0.3, 0.4) is 0 Å². The zero-order valence-corrected chi connectivity index (χ0v) is 9.04. The molecule has 16 heavy (non-hydrogen) atoms. The molecule has 1 N–H and O–H groups in total. The van der Waals surface area contributed by atoms with Crippen LogP contribution in [0.5, 0.6) is 0 Å². The minimum atomic E-state index is -0.0539. The van der Waals surface area contributed by atoms with E-state index in [0.717, 1.165) is 31.7 Å². The van der Waals surface area contributed by atoms with E-state index in [1.54, 1.807) is 0 Å². The molecule has 2 fully saturated rings. The van der Waals surface area contributed by atoms with Gasteiger partial charge < -0.3 is 14.7 Å².